The summed E-state index contributed by atoms with van der Waals surface area (Å²) in [6, 6.07) is 19.6. The first-order valence-corrected chi connectivity index (χ1v) is 10.0. The number of aromatic nitrogens is 2. The fourth-order valence-electron chi connectivity index (χ4n) is 3.41. The van der Waals surface area contributed by atoms with Gasteiger partial charge in [0.1, 0.15) is 6.10 Å². The molecule has 28 heavy (non-hydrogen) atoms. The zero-order chi connectivity index (χ0) is 19.7. The Labute approximate surface area is 173 Å². The molecule has 0 bridgehead atoms. The van der Waals surface area contributed by atoms with E-state index < -0.39 is 5.54 Å². The average Bonchev–Trinajstić information content (AvgIpc) is 3.18. The maximum Gasteiger partial charge on any atom is 0.274 e. The van der Waals surface area contributed by atoms with Gasteiger partial charge in [-0.2, -0.15) is 5.10 Å². The van der Waals surface area contributed by atoms with Crippen molar-refractivity contribution in [3.63, 3.8) is 0 Å². The molecule has 0 radical (unpaired) electrons. The molecule has 5 nitrogen and oxygen atoms in total. The molecule has 4 rings (SSSR count). The summed E-state index contributed by atoms with van der Waals surface area (Å²) in [6.07, 6.45) is 1.68. The second-order valence-corrected chi connectivity index (χ2v) is 8.48. The molecule has 1 amide bonds. The Morgan fingerprint density at radius 2 is 1.93 bits per heavy atom. The summed E-state index contributed by atoms with van der Waals surface area (Å²) < 4.78 is 8.75. The number of hydrogen-bond donors (Lipinski definition) is 0. The van der Waals surface area contributed by atoms with Gasteiger partial charge in [-0.1, -0.05) is 52.3 Å². The Hall–Kier alpha value is -2.44. The van der Waals surface area contributed by atoms with Crippen molar-refractivity contribution in [1.29, 1.82) is 0 Å². The quantitative estimate of drug-likeness (QED) is 0.597. The number of carbonyl (C=O) groups excluding carboxylic acids is 1. The molecule has 1 unspecified atom stereocenters. The third-order valence-electron chi connectivity index (χ3n) is 5.01. The van der Waals surface area contributed by atoms with Crippen LogP contribution in [0.1, 0.15) is 36.0 Å². The number of halogens is 1. The summed E-state index contributed by atoms with van der Waals surface area (Å²) in [4.78, 5) is 15.2. The van der Waals surface area contributed by atoms with Crippen molar-refractivity contribution in [2.75, 3.05) is 13.2 Å². The summed E-state index contributed by atoms with van der Waals surface area (Å²) in [5, 5.41) is 4.52. The Bertz CT molecular complexity index is 984. The van der Waals surface area contributed by atoms with Crippen molar-refractivity contribution in [1.82, 2.24) is 14.7 Å². The highest BCUT2D eigenvalue weighted by atomic mass is 79.9. The van der Waals surface area contributed by atoms with Gasteiger partial charge in [-0.05, 0) is 43.7 Å². The van der Waals surface area contributed by atoms with Gasteiger partial charge in [-0.25, -0.2) is 4.68 Å². The van der Waals surface area contributed by atoms with Gasteiger partial charge in [0.15, 0.2) is 5.69 Å². The van der Waals surface area contributed by atoms with Crippen molar-refractivity contribution in [3.8, 4) is 5.69 Å². The predicted molar refractivity (Wildman–Crippen MR) is 112 cm³/mol. The van der Waals surface area contributed by atoms with Crippen LogP contribution in [0.25, 0.3) is 5.69 Å². The van der Waals surface area contributed by atoms with Gasteiger partial charge in [0.25, 0.3) is 5.91 Å². The van der Waals surface area contributed by atoms with E-state index in [1.807, 2.05) is 79.5 Å². The van der Waals surface area contributed by atoms with Crippen LogP contribution < -0.4 is 0 Å². The molecule has 2 heterocycles. The predicted octanol–water partition coefficient (Wildman–Crippen LogP) is 4.63. The number of carbonyl (C=O) groups is 1. The van der Waals surface area contributed by atoms with E-state index in [1.165, 1.54) is 0 Å². The second-order valence-electron chi connectivity index (χ2n) is 7.56. The number of ether oxygens (including phenoxy) is 1. The molecule has 6 heteroatoms. The Morgan fingerprint density at radius 3 is 2.68 bits per heavy atom. The molecule has 0 saturated carbocycles. The average molecular weight is 440 g/mol. The van der Waals surface area contributed by atoms with Crippen molar-refractivity contribution in [2.24, 2.45) is 0 Å². The molecule has 144 valence electrons. The first kappa shape index (κ1) is 18.9. The number of nitrogens with zero attached hydrogens (tertiary/aromatic N) is 3. The third kappa shape index (κ3) is 3.75. The topological polar surface area (TPSA) is 47.4 Å². The van der Waals surface area contributed by atoms with E-state index in [9.17, 15) is 4.79 Å². The van der Waals surface area contributed by atoms with E-state index in [1.54, 1.807) is 10.7 Å². The standard InChI is InChI=1S/C22H22BrN3O2/c1-22(2)15-28-20(16-7-4-3-5-8-16)14-25(22)21(27)19-11-12-26(24-19)18-10-6-9-17(23)13-18/h3-13,20H,14-15H2,1-2H3. The molecule has 1 saturated heterocycles. The van der Waals surface area contributed by atoms with Crippen LogP contribution >= 0.6 is 15.9 Å². The number of rotatable bonds is 3. The van der Waals surface area contributed by atoms with Crippen LogP contribution in [0.4, 0.5) is 0 Å². The largest absolute Gasteiger partial charge is 0.369 e. The van der Waals surface area contributed by atoms with Crippen molar-refractivity contribution in [3.05, 3.63) is 82.6 Å². The van der Waals surface area contributed by atoms with E-state index in [-0.39, 0.29) is 12.0 Å². The van der Waals surface area contributed by atoms with Crippen LogP contribution in [-0.2, 0) is 4.74 Å². The summed E-state index contributed by atoms with van der Waals surface area (Å²) >= 11 is 3.47. The van der Waals surface area contributed by atoms with E-state index in [4.69, 9.17) is 4.74 Å². The summed E-state index contributed by atoms with van der Waals surface area (Å²) in [7, 11) is 0. The van der Waals surface area contributed by atoms with Crippen LogP contribution in [0.5, 0.6) is 0 Å². The van der Waals surface area contributed by atoms with Gasteiger partial charge < -0.3 is 9.64 Å². The fraction of sp³-hybridized carbons (Fsp3) is 0.273. The SMILES string of the molecule is CC1(C)COC(c2ccccc2)CN1C(=O)c1ccn(-c2cccc(Br)c2)n1. The van der Waals surface area contributed by atoms with Crippen molar-refractivity contribution in [2.45, 2.75) is 25.5 Å². The molecule has 0 spiro atoms. The molecule has 2 aromatic carbocycles. The van der Waals surface area contributed by atoms with Crippen LogP contribution in [0.15, 0.2) is 71.3 Å². The number of hydrogen-bond acceptors (Lipinski definition) is 3. The van der Waals surface area contributed by atoms with Crippen LogP contribution in [0.2, 0.25) is 0 Å². The molecular weight excluding hydrogens is 418 g/mol. The number of amides is 1. The van der Waals surface area contributed by atoms with Crippen LogP contribution in [-0.4, -0.2) is 39.3 Å². The highest BCUT2D eigenvalue weighted by Crippen LogP contribution is 2.31. The maximum atomic E-state index is 13.3. The monoisotopic (exact) mass is 439 g/mol. The molecule has 1 aromatic heterocycles. The summed E-state index contributed by atoms with van der Waals surface area (Å²) in [5.74, 6) is -0.0806. The smallest absolute Gasteiger partial charge is 0.274 e. The minimum atomic E-state index is -0.401. The van der Waals surface area contributed by atoms with Gasteiger partial charge in [-0.15, -0.1) is 0 Å². The minimum Gasteiger partial charge on any atom is -0.369 e. The Morgan fingerprint density at radius 1 is 1.14 bits per heavy atom. The highest BCUT2D eigenvalue weighted by Gasteiger charge is 2.39. The minimum absolute atomic E-state index is 0.0806. The van der Waals surface area contributed by atoms with Gasteiger partial charge in [-0.3, -0.25) is 4.79 Å². The summed E-state index contributed by atoms with van der Waals surface area (Å²) in [6.45, 7) is 5.03. The summed E-state index contributed by atoms with van der Waals surface area (Å²) in [5.41, 5.74) is 2.01. The molecule has 1 aliphatic rings. The highest BCUT2D eigenvalue weighted by molar-refractivity contribution is 9.10. The molecule has 1 atom stereocenters. The lowest BCUT2D eigenvalue weighted by molar-refractivity contribution is -0.0848. The Kier molecular flexibility index (Phi) is 5.08. The number of benzene rings is 2. The Balaban J connectivity index is 1.59. The fourth-order valence-corrected chi connectivity index (χ4v) is 3.80. The molecule has 1 fully saturated rings. The normalized spacial score (nSPS) is 18.8. The molecule has 0 aliphatic carbocycles. The zero-order valence-corrected chi connectivity index (χ0v) is 17.5. The number of morpholine rings is 1. The van der Waals surface area contributed by atoms with Gasteiger partial charge in [0, 0.05) is 10.7 Å². The van der Waals surface area contributed by atoms with E-state index in [2.05, 4.69) is 21.0 Å². The molecule has 1 aliphatic heterocycles. The first-order valence-electron chi connectivity index (χ1n) is 9.24. The van der Waals surface area contributed by atoms with Crippen molar-refractivity contribution < 1.29 is 9.53 Å². The third-order valence-corrected chi connectivity index (χ3v) is 5.51. The lowest BCUT2D eigenvalue weighted by Gasteiger charge is -2.45. The van der Waals surface area contributed by atoms with Gasteiger partial charge >= 0.3 is 0 Å². The lowest BCUT2D eigenvalue weighted by Crippen LogP contribution is -2.56. The molecular formula is C22H22BrN3O2. The van der Waals surface area contributed by atoms with E-state index in [0.717, 1.165) is 15.7 Å². The van der Waals surface area contributed by atoms with E-state index in [0.29, 0.717) is 18.8 Å². The molecule has 0 N–H and O–H groups in total. The van der Waals surface area contributed by atoms with Crippen molar-refractivity contribution >= 4 is 21.8 Å². The maximum absolute atomic E-state index is 13.3. The second kappa shape index (κ2) is 7.53. The van der Waals surface area contributed by atoms with Gasteiger partial charge in [0.2, 0.25) is 0 Å². The van der Waals surface area contributed by atoms with Crippen LogP contribution in [0.3, 0.4) is 0 Å². The molecule has 3 aromatic rings. The first-order chi connectivity index (χ1) is 13.4. The van der Waals surface area contributed by atoms with Gasteiger partial charge in [0.05, 0.1) is 24.4 Å². The zero-order valence-electron chi connectivity index (χ0n) is 15.9. The lowest BCUT2D eigenvalue weighted by atomic mass is 9.97. The van der Waals surface area contributed by atoms with E-state index >= 15 is 0 Å². The van der Waals surface area contributed by atoms with Crippen LogP contribution in [0, 0.1) is 0 Å².